The molecule has 5 nitrogen and oxygen atoms in total. The molecule has 6 heteroatoms. The Kier molecular flexibility index (Phi) is 5.37. The number of nitriles is 1. The summed E-state index contributed by atoms with van der Waals surface area (Å²) >= 11 is 3.34. The molecule has 0 radical (unpaired) electrons. The lowest BCUT2D eigenvalue weighted by Crippen LogP contribution is -2.48. The van der Waals surface area contributed by atoms with Gasteiger partial charge in [-0.05, 0) is 35.9 Å². The van der Waals surface area contributed by atoms with E-state index in [1.165, 1.54) is 6.07 Å². The monoisotopic (exact) mass is 399 g/mol. The fourth-order valence-electron chi connectivity index (χ4n) is 2.90. The Labute approximate surface area is 155 Å². The predicted molar refractivity (Wildman–Crippen MR) is 98.1 cm³/mol. The van der Waals surface area contributed by atoms with Gasteiger partial charge >= 0.3 is 0 Å². The number of aromatic hydroxyl groups is 1. The molecule has 1 fully saturated rings. The van der Waals surface area contributed by atoms with E-state index in [2.05, 4.69) is 26.9 Å². The van der Waals surface area contributed by atoms with Crippen molar-refractivity contribution >= 4 is 21.8 Å². The number of halogens is 1. The molecule has 0 atom stereocenters. The highest BCUT2D eigenvalue weighted by atomic mass is 79.9. The first-order chi connectivity index (χ1) is 12.1. The average molecular weight is 400 g/mol. The summed E-state index contributed by atoms with van der Waals surface area (Å²) in [4.78, 5) is 16.7. The molecule has 2 aromatic rings. The van der Waals surface area contributed by atoms with Gasteiger partial charge in [0, 0.05) is 37.2 Å². The number of amides is 1. The average Bonchev–Trinajstić information content (AvgIpc) is 2.64. The van der Waals surface area contributed by atoms with E-state index in [1.807, 2.05) is 24.3 Å². The Morgan fingerprint density at radius 3 is 2.44 bits per heavy atom. The molecule has 1 N–H and O–H groups in total. The quantitative estimate of drug-likeness (QED) is 0.861. The first-order valence-corrected chi connectivity index (χ1v) is 8.85. The maximum atomic E-state index is 12.6. The van der Waals surface area contributed by atoms with Crippen LogP contribution in [0.15, 0.2) is 46.9 Å². The summed E-state index contributed by atoms with van der Waals surface area (Å²) in [6, 6.07) is 14.6. The number of hydrogen-bond donors (Lipinski definition) is 1. The molecular formula is C19H18BrN3O2. The first-order valence-electron chi connectivity index (χ1n) is 8.06. The van der Waals surface area contributed by atoms with Crippen LogP contribution in [-0.2, 0) is 6.54 Å². The summed E-state index contributed by atoms with van der Waals surface area (Å²) in [6.07, 6.45) is 0. The summed E-state index contributed by atoms with van der Waals surface area (Å²) in [6.45, 7) is 3.61. The largest absolute Gasteiger partial charge is 0.507 e. The van der Waals surface area contributed by atoms with Crippen molar-refractivity contribution in [2.24, 2.45) is 0 Å². The summed E-state index contributed by atoms with van der Waals surface area (Å²) < 4.78 is 0.771. The number of carbonyl (C=O) groups excluding carboxylic acids is 1. The lowest BCUT2D eigenvalue weighted by molar-refractivity contribution is 0.0625. The number of nitrogens with zero attached hydrogens (tertiary/aromatic N) is 3. The molecule has 128 valence electrons. The molecule has 0 bridgehead atoms. The minimum atomic E-state index is -0.142. The zero-order valence-electron chi connectivity index (χ0n) is 13.7. The second-order valence-electron chi connectivity index (χ2n) is 6.04. The minimum Gasteiger partial charge on any atom is -0.507 e. The van der Waals surface area contributed by atoms with Gasteiger partial charge in [0.05, 0.1) is 17.2 Å². The minimum absolute atomic E-state index is 0.00760. The van der Waals surface area contributed by atoms with E-state index in [0.717, 1.165) is 29.7 Å². The molecule has 1 saturated heterocycles. The first kappa shape index (κ1) is 17.5. The SMILES string of the molecule is N#Cc1ccc(CN2CCN(C(=O)c3cc(Br)ccc3O)CC2)cc1. The molecular weight excluding hydrogens is 382 g/mol. The molecule has 0 saturated carbocycles. The van der Waals surface area contributed by atoms with Crippen molar-refractivity contribution in [1.29, 1.82) is 5.26 Å². The zero-order valence-corrected chi connectivity index (χ0v) is 15.2. The van der Waals surface area contributed by atoms with Crippen LogP contribution in [-0.4, -0.2) is 47.0 Å². The van der Waals surface area contributed by atoms with Gasteiger partial charge in [-0.1, -0.05) is 28.1 Å². The van der Waals surface area contributed by atoms with Gasteiger partial charge in [-0.25, -0.2) is 0 Å². The Bertz CT molecular complexity index is 806. The molecule has 0 aromatic heterocycles. The summed E-state index contributed by atoms with van der Waals surface area (Å²) in [5.41, 5.74) is 2.14. The van der Waals surface area contributed by atoms with E-state index in [0.29, 0.717) is 24.2 Å². The summed E-state index contributed by atoms with van der Waals surface area (Å²) in [5.74, 6) is -0.134. The predicted octanol–water partition coefficient (Wildman–Crippen LogP) is 2.98. The van der Waals surface area contributed by atoms with Crippen LogP contribution in [0, 0.1) is 11.3 Å². The fourth-order valence-corrected chi connectivity index (χ4v) is 3.26. The molecule has 0 unspecified atom stereocenters. The third-order valence-electron chi connectivity index (χ3n) is 4.34. The van der Waals surface area contributed by atoms with Crippen molar-refractivity contribution in [1.82, 2.24) is 9.80 Å². The van der Waals surface area contributed by atoms with E-state index < -0.39 is 0 Å². The Morgan fingerprint density at radius 2 is 1.80 bits per heavy atom. The maximum Gasteiger partial charge on any atom is 0.257 e. The van der Waals surface area contributed by atoms with Gasteiger partial charge in [0.15, 0.2) is 0 Å². The molecule has 2 aromatic carbocycles. The highest BCUT2D eigenvalue weighted by Crippen LogP contribution is 2.24. The van der Waals surface area contributed by atoms with Gasteiger partial charge in [-0.15, -0.1) is 0 Å². The topological polar surface area (TPSA) is 67.6 Å². The second kappa shape index (κ2) is 7.68. The van der Waals surface area contributed by atoms with Gasteiger partial charge < -0.3 is 10.0 Å². The normalized spacial score (nSPS) is 15.0. The van der Waals surface area contributed by atoms with Gasteiger partial charge in [0.25, 0.3) is 5.91 Å². The van der Waals surface area contributed by atoms with Gasteiger partial charge in [0.2, 0.25) is 0 Å². The van der Waals surface area contributed by atoms with Crippen LogP contribution >= 0.6 is 15.9 Å². The van der Waals surface area contributed by atoms with Crippen LogP contribution in [0.4, 0.5) is 0 Å². The lowest BCUT2D eigenvalue weighted by Gasteiger charge is -2.35. The Morgan fingerprint density at radius 1 is 1.12 bits per heavy atom. The molecule has 3 rings (SSSR count). The van der Waals surface area contributed by atoms with Crippen molar-refractivity contribution in [2.45, 2.75) is 6.54 Å². The van der Waals surface area contributed by atoms with E-state index in [4.69, 9.17) is 5.26 Å². The van der Waals surface area contributed by atoms with E-state index >= 15 is 0 Å². The smallest absolute Gasteiger partial charge is 0.257 e. The Hall–Kier alpha value is -2.36. The van der Waals surface area contributed by atoms with Crippen LogP contribution in [0.2, 0.25) is 0 Å². The van der Waals surface area contributed by atoms with E-state index in [-0.39, 0.29) is 11.7 Å². The Balaban J connectivity index is 1.58. The van der Waals surface area contributed by atoms with Gasteiger partial charge in [-0.2, -0.15) is 5.26 Å². The van der Waals surface area contributed by atoms with Gasteiger partial charge in [0.1, 0.15) is 5.75 Å². The van der Waals surface area contributed by atoms with Crippen molar-refractivity contribution in [3.05, 3.63) is 63.6 Å². The number of benzene rings is 2. The van der Waals surface area contributed by atoms with Crippen LogP contribution in [0.1, 0.15) is 21.5 Å². The number of phenolic OH excluding ortho intramolecular Hbond substituents is 1. The lowest BCUT2D eigenvalue weighted by atomic mass is 10.1. The third-order valence-corrected chi connectivity index (χ3v) is 4.83. The number of rotatable bonds is 3. The van der Waals surface area contributed by atoms with Crippen LogP contribution in [0.5, 0.6) is 5.75 Å². The summed E-state index contributed by atoms with van der Waals surface area (Å²) in [7, 11) is 0. The van der Waals surface area contributed by atoms with E-state index in [9.17, 15) is 9.90 Å². The molecule has 1 aliphatic heterocycles. The third kappa shape index (κ3) is 4.19. The van der Waals surface area contributed by atoms with E-state index in [1.54, 1.807) is 17.0 Å². The number of phenols is 1. The molecule has 0 spiro atoms. The molecule has 0 aliphatic carbocycles. The standard InChI is InChI=1S/C19H18BrN3O2/c20-16-5-6-18(24)17(11-16)19(25)23-9-7-22(8-10-23)13-15-3-1-14(12-21)2-4-15/h1-6,11,24H,7-10,13H2. The highest BCUT2D eigenvalue weighted by molar-refractivity contribution is 9.10. The van der Waals surface area contributed by atoms with Crippen LogP contribution in [0.3, 0.4) is 0 Å². The second-order valence-corrected chi connectivity index (χ2v) is 6.95. The van der Waals surface area contributed by atoms with Gasteiger partial charge in [-0.3, -0.25) is 9.69 Å². The number of piperazine rings is 1. The zero-order chi connectivity index (χ0) is 17.8. The fraction of sp³-hybridized carbons (Fsp3) is 0.263. The molecule has 1 amide bonds. The summed E-state index contributed by atoms with van der Waals surface area (Å²) in [5, 5.41) is 18.8. The van der Waals surface area contributed by atoms with Crippen molar-refractivity contribution < 1.29 is 9.90 Å². The van der Waals surface area contributed by atoms with Crippen LogP contribution in [0.25, 0.3) is 0 Å². The van der Waals surface area contributed by atoms with Crippen molar-refractivity contribution in [3.63, 3.8) is 0 Å². The van der Waals surface area contributed by atoms with Crippen molar-refractivity contribution in [3.8, 4) is 11.8 Å². The molecule has 1 heterocycles. The number of carbonyl (C=O) groups is 1. The van der Waals surface area contributed by atoms with Crippen LogP contribution < -0.4 is 0 Å². The highest BCUT2D eigenvalue weighted by Gasteiger charge is 2.24. The molecule has 1 aliphatic rings. The number of hydrogen-bond acceptors (Lipinski definition) is 4. The van der Waals surface area contributed by atoms with Crippen molar-refractivity contribution in [2.75, 3.05) is 26.2 Å². The maximum absolute atomic E-state index is 12.6. The molecule has 25 heavy (non-hydrogen) atoms.